The second-order valence-corrected chi connectivity index (χ2v) is 4.78. The smallest absolute Gasteiger partial charge is 0.144 e. The Labute approximate surface area is 109 Å². The molecular formula is C11H11ClN4S. The minimum absolute atomic E-state index is 0.590. The van der Waals surface area contributed by atoms with Crippen molar-refractivity contribution in [2.24, 2.45) is 5.84 Å². The predicted octanol–water partition coefficient (Wildman–Crippen LogP) is 2.88. The molecule has 88 valence electrons. The number of hydrogen-bond acceptors (Lipinski definition) is 5. The summed E-state index contributed by atoms with van der Waals surface area (Å²) in [5.74, 6) is 6.59. The van der Waals surface area contributed by atoms with Crippen LogP contribution < -0.4 is 11.3 Å². The number of aromatic nitrogens is 2. The average Bonchev–Trinajstić information content (AvgIpc) is 2.31. The van der Waals surface area contributed by atoms with E-state index in [1.165, 1.54) is 11.8 Å². The molecule has 0 saturated carbocycles. The van der Waals surface area contributed by atoms with Crippen LogP contribution in [0.25, 0.3) is 0 Å². The van der Waals surface area contributed by atoms with Gasteiger partial charge in [0.25, 0.3) is 0 Å². The Morgan fingerprint density at radius 2 is 2.06 bits per heavy atom. The highest BCUT2D eigenvalue weighted by Gasteiger charge is 2.05. The molecule has 6 heteroatoms. The van der Waals surface area contributed by atoms with Gasteiger partial charge in [-0.2, -0.15) is 0 Å². The lowest BCUT2D eigenvalue weighted by Gasteiger charge is -2.06. The Morgan fingerprint density at radius 1 is 1.29 bits per heavy atom. The maximum atomic E-state index is 6.08. The summed E-state index contributed by atoms with van der Waals surface area (Å²) < 4.78 is 0. The highest BCUT2D eigenvalue weighted by atomic mass is 35.5. The van der Waals surface area contributed by atoms with Crippen LogP contribution in [0.4, 0.5) is 5.82 Å². The van der Waals surface area contributed by atoms with Gasteiger partial charge >= 0.3 is 0 Å². The van der Waals surface area contributed by atoms with Gasteiger partial charge in [-0.3, -0.25) is 0 Å². The molecule has 2 rings (SSSR count). The van der Waals surface area contributed by atoms with Gasteiger partial charge in [0, 0.05) is 11.0 Å². The van der Waals surface area contributed by atoms with E-state index in [2.05, 4.69) is 15.4 Å². The zero-order valence-corrected chi connectivity index (χ0v) is 10.7. The molecule has 0 amide bonds. The summed E-state index contributed by atoms with van der Waals surface area (Å²) in [6.45, 7) is 1.82. The fraction of sp³-hybridized carbons (Fsp3) is 0.0909. The van der Waals surface area contributed by atoms with Crippen LogP contribution in [0, 0.1) is 6.92 Å². The van der Waals surface area contributed by atoms with Crippen molar-refractivity contribution in [3.63, 3.8) is 0 Å². The first kappa shape index (κ1) is 12.2. The molecule has 4 nitrogen and oxygen atoms in total. The van der Waals surface area contributed by atoms with E-state index in [0.29, 0.717) is 16.7 Å². The summed E-state index contributed by atoms with van der Waals surface area (Å²) in [5.41, 5.74) is 2.51. The third kappa shape index (κ3) is 3.09. The minimum atomic E-state index is 0.590. The number of hydrogen-bond donors (Lipinski definition) is 2. The lowest BCUT2D eigenvalue weighted by molar-refractivity contribution is 0.964. The number of nitrogen functional groups attached to an aromatic ring is 1. The minimum Gasteiger partial charge on any atom is -0.308 e. The fourth-order valence-electron chi connectivity index (χ4n) is 1.31. The van der Waals surface area contributed by atoms with Crippen LogP contribution in [0.15, 0.2) is 40.3 Å². The second kappa shape index (κ2) is 5.35. The molecule has 3 N–H and O–H groups in total. The van der Waals surface area contributed by atoms with Gasteiger partial charge in [0.15, 0.2) is 0 Å². The first-order valence-corrected chi connectivity index (χ1v) is 6.13. The van der Waals surface area contributed by atoms with E-state index >= 15 is 0 Å². The van der Waals surface area contributed by atoms with Crippen LogP contribution in [0.2, 0.25) is 5.02 Å². The van der Waals surface area contributed by atoms with Crippen molar-refractivity contribution >= 4 is 29.2 Å². The van der Waals surface area contributed by atoms with E-state index in [1.54, 1.807) is 6.07 Å². The number of nitrogens with one attached hydrogen (secondary N) is 1. The van der Waals surface area contributed by atoms with E-state index < -0.39 is 0 Å². The summed E-state index contributed by atoms with van der Waals surface area (Å²) in [6.07, 6.45) is 0. The van der Waals surface area contributed by atoms with Gasteiger partial charge in [-0.05, 0) is 19.1 Å². The molecule has 1 aromatic carbocycles. The number of benzene rings is 1. The molecule has 0 aliphatic heterocycles. The predicted molar refractivity (Wildman–Crippen MR) is 70.2 cm³/mol. The van der Waals surface area contributed by atoms with Gasteiger partial charge in [-0.25, -0.2) is 15.8 Å². The number of halogens is 1. The van der Waals surface area contributed by atoms with Crippen LogP contribution in [0.5, 0.6) is 0 Å². The summed E-state index contributed by atoms with van der Waals surface area (Å²) in [6, 6.07) is 9.40. The molecule has 17 heavy (non-hydrogen) atoms. The molecule has 1 heterocycles. The normalized spacial score (nSPS) is 10.3. The molecule has 0 fully saturated rings. The first-order valence-electron chi connectivity index (χ1n) is 4.94. The summed E-state index contributed by atoms with van der Waals surface area (Å²) in [7, 11) is 0. The van der Waals surface area contributed by atoms with Gasteiger partial charge in [-0.1, -0.05) is 35.5 Å². The Hall–Kier alpha value is -1.30. The third-order valence-electron chi connectivity index (χ3n) is 2.01. The van der Waals surface area contributed by atoms with Crippen molar-refractivity contribution in [2.45, 2.75) is 16.8 Å². The maximum absolute atomic E-state index is 6.08. The van der Waals surface area contributed by atoms with Crippen molar-refractivity contribution in [3.05, 3.63) is 41.2 Å². The number of nitrogens with two attached hydrogens (primary N) is 1. The van der Waals surface area contributed by atoms with Crippen LogP contribution in [-0.4, -0.2) is 9.97 Å². The molecule has 2 aromatic rings. The highest BCUT2D eigenvalue weighted by Crippen LogP contribution is 2.32. The van der Waals surface area contributed by atoms with Crippen molar-refractivity contribution in [2.75, 3.05) is 5.43 Å². The van der Waals surface area contributed by atoms with E-state index in [0.717, 1.165) is 9.92 Å². The molecule has 0 radical (unpaired) electrons. The first-order chi connectivity index (χ1) is 8.19. The molecular weight excluding hydrogens is 256 g/mol. The number of nitrogens with zero attached hydrogens (tertiary/aromatic N) is 2. The number of anilines is 1. The van der Waals surface area contributed by atoms with Crippen molar-refractivity contribution in [1.82, 2.24) is 9.97 Å². The van der Waals surface area contributed by atoms with Gasteiger partial charge in [0.2, 0.25) is 0 Å². The standard InChI is InChI=1S/C11H11ClN4S/c1-7-14-10(16-13)6-11(15-7)17-9-5-3-2-4-8(9)12/h2-6H,13H2,1H3,(H,14,15,16). The largest absolute Gasteiger partial charge is 0.308 e. The van der Waals surface area contributed by atoms with Gasteiger partial charge in [-0.15, -0.1) is 0 Å². The Morgan fingerprint density at radius 3 is 2.76 bits per heavy atom. The fourth-order valence-corrected chi connectivity index (χ4v) is 2.44. The molecule has 0 unspecified atom stereocenters. The molecule has 0 aliphatic rings. The topological polar surface area (TPSA) is 63.8 Å². The van der Waals surface area contributed by atoms with Crippen molar-refractivity contribution in [1.29, 1.82) is 0 Å². The zero-order valence-electron chi connectivity index (χ0n) is 9.14. The molecule has 0 aliphatic carbocycles. The highest BCUT2D eigenvalue weighted by molar-refractivity contribution is 7.99. The Balaban J connectivity index is 2.30. The van der Waals surface area contributed by atoms with Crippen molar-refractivity contribution < 1.29 is 0 Å². The van der Waals surface area contributed by atoms with Gasteiger partial charge < -0.3 is 5.43 Å². The summed E-state index contributed by atoms with van der Waals surface area (Å²) in [4.78, 5) is 9.39. The number of aryl methyl sites for hydroxylation is 1. The average molecular weight is 267 g/mol. The Kier molecular flexibility index (Phi) is 3.83. The van der Waals surface area contributed by atoms with Crippen LogP contribution in [-0.2, 0) is 0 Å². The lowest BCUT2D eigenvalue weighted by atomic mass is 10.4. The Bertz CT molecular complexity index is 533. The van der Waals surface area contributed by atoms with Crippen molar-refractivity contribution in [3.8, 4) is 0 Å². The van der Waals surface area contributed by atoms with Gasteiger partial charge in [0.1, 0.15) is 16.7 Å². The molecule has 0 atom stereocenters. The van der Waals surface area contributed by atoms with Gasteiger partial charge in [0.05, 0.1) is 5.02 Å². The third-order valence-corrected chi connectivity index (χ3v) is 3.45. The molecule has 0 saturated heterocycles. The zero-order chi connectivity index (χ0) is 12.3. The summed E-state index contributed by atoms with van der Waals surface area (Å²) >= 11 is 7.56. The number of hydrazine groups is 1. The van der Waals surface area contributed by atoms with Crippen LogP contribution in [0.3, 0.4) is 0 Å². The van der Waals surface area contributed by atoms with Crippen LogP contribution in [0.1, 0.15) is 5.82 Å². The molecule has 1 aromatic heterocycles. The maximum Gasteiger partial charge on any atom is 0.144 e. The monoisotopic (exact) mass is 266 g/mol. The summed E-state index contributed by atoms with van der Waals surface area (Å²) in [5, 5.41) is 1.51. The SMILES string of the molecule is Cc1nc(NN)cc(Sc2ccccc2Cl)n1. The lowest BCUT2D eigenvalue weighted by Crippen LogP contribution is -2.09. The van der Waals surface area contributed by atoms with E-state index in [4.69, 9.17) is 17.4 Å². The van der Waals surface area contributed by atoms with E-state index in [-0.39, 0.29) is 0 Å². The quantitative estimate of drug-likeness (QED) is 0.508. The molecule has 0 spiro atoms. The molecule has 0 bridgehead atoms. The second-order valence-electron chi connectivity index (χ2n) is 3.32. The van der Waals surface area contributed by atoms with Crippen LogP contribution >= 0.6 is 23.4 Å². The number of rotatable bonds is 3. The van der Waals surface area contributed by atoms with E-state index in [9.17, 15) is 0 Å². The van der Waals surface area contributed by atoms with E-state index in [1.807, 2.05) is 31.2 Å².